The summed E-state index contributed by atoms with van der Waals surface area (Å²) in [5.74, 6) is 0.248. The molecule has 7 heteroatoms. The molecule has 25 heavy (non-hydrogen) atoms. The first-order valence-electron chi connectivity index (χ1n) is 8.92. The second-order valence-electron chi connectivity index (χ2n) is 6.54. The molecule has 1 N–H and O–H groups in total. The van der Waals surface area contributed by atoms with E-state index in [4.69, 9.17) is 11.6 Å². The van der Waals surface area contributed by atoms with Gasteiger partial charge >= 0.3 is 0 Å². The molecule has 0 saturated carbocycles. The van der Waals surface area contributed by atoms with Gasteiger partial charge in [-0.3, -0.25) is 4.79 Å². The minimum absolute atomic E-state index is 0.0452. The van der Waals surface area contributed by atoms with Crippen LogP contribution in [-0.2, 0) is 21.2 Å². The maximum absolute atomic E-state index is 12.1. The highest BCUT2D eigenvalue weighted by molar-refractivity contribution is 7.89. The van der Waals surface area contributed by atoms with Crippen LogP contribution in [0.2, 0.25) is 5.02 Å². The summed E-state index contributed by atoms with van der Waals surface area (Å²) in [6.45, 7) is 2.87. The van der Waals surface area contributed by atoms with Crippen molar-refractivity contribution in [3.05, 3.63) is 34.9 Å². The molecule has 1 aliphatic heterocycles. The smallest absolute Gasteiger partial charge is 0.220 e. The predicted molar refractivity (Wildman–Crippen MR) is 101 cm³/mol. The Morgan fingerprint density at radius 3 is 2.48 bits per heavy atom. The van der Waals surface area contributed by atoms with E-state index in [0.717, 1.165) is 12.8 Å². The largest absolute Gasteiger partial charge is 0.353 e. The van der Waals surface area contributed by atoms with E-state index in [1.54, 1.807) is 4.31 Å². The number of carbonyl (C=O) groups is 1. The molecule has 1 aromatic carbocycles. The highest BCUT2D eigenvalue weighted by Crippen LogP contribution is 2.16. The summed E-state index contributed by atoms with van der Waals surface area (Å²) in [4.78, 5) is 12.1. The topological polar surface area (TPSA) is 66.5 Å². The summed E-state index contributed by atoms with van der Waals surface area (Å²) >= 11 is 5.86. The molecule has 1 amide bonds. The van der Waals surface area contributed by atoms with Crippen molar-refractivity contribution < 1.29 is 13.2 Å². The third-order valence-corrected chi connectivity index (χ3v) is 6.79. The van der Waals surface area contributed by atoms with Gasteiger partial charge in [0.15, 0.2) is 0 Å². The molecule has 0 bridgehead atoms. The highest BCUT2D eigenvalue weighted by Gasteiger charge is 2.27. The van der Waals surface area contributed by atoms with E-state index in [2.05, 4.69) is 5.32 Å². The van der Waals surface area contributed by atoms with E-state index in [-0.39, 0.29) is 17.7 Å². The van der Waals surface area contributed by atoms with Gasteiger partial charge in [0.05, 0.1) is 5.75 Å². The Balaban J connectivity index is 1.67. The van der Waals surface area contributed by atoms with Crippen LogP contribution in [0, 0.1) is 0 Å². The lowest BCUT2D eigenvalue weighted by Gasteiger charge is -2.31. The van der Waals surface area contributed by atoms with Gasteiger partial charge in [0.2, 0.25) is 15.9 Å². The van der Waals surface area contributed by atoms with Gasteiger partial charge in [-0.1, -0.05) is 30.7 Å². The van der Waals surface area contributed by atoms with Crippen molar-refractivity contribution in [1.29, 1.82) is 0 Å². The number of aryl methyl sites for hydroxylation is 1. The summed E-state index contributed by atoms with van der Waals surface area (Å²) in [6, 6.07) is 7.75. The fourth-order valence-electron chi connectivity index (χ4n) is 3.07. The van der Waals surface area contributed by atoms with Gasteiger partial charge in [-0.2, -0.15) is 0 Å². The Morgan fingerprint density at radius 1 is 1.24 bits per heavy atom. The normalized spacial score (nSPS) is 16.7. The van der Waals surface area contributed by atoms with Crippen LogP contribution in [0.3, 0.4) is 0 Å². The number of sulfonamides is 1. The zero-order valence-corrected chi connectivity index (χ0v) is 16.3. The zero-order chi connectivity index (χ0) is 18.3. The summed E-state index contributed by atoms with van der Waals surface area (Å²) < 4.78 is 25.6. The quantitative estimate of drug-likeness (QED) is 0.746. The Kier molecular flexibility index (Phi) is 7.72. The van der Waals surface area contributed by atoms with Crippen molar-refractivity contribution in [2.75, 3.05) is 18.8 Å². The van der Waals surface area contributed by atoms with Crippen LogP contribution in [0.1, 0.15) is 44.6 Å². The van der Waals surface area contributed by atoms with Crippen molar-refractivity contribution in [1.82, 2.24) is 9.62 Å². The number of hydrogen-bond acceptors (Lipinski definition) is 3. The molecule has 0 unspecified atom stereocenters. The van der Waals surface area contributed by atoms with E-state index in [1.165, 1.54) is 5.56 Å². The number of amides is 1. The molecule has 0 aromatic heterocycles. The van der Waals surface area contributed by atoms with Crippen LogP contribution in [-0.4, -0.2) is 43.5 Å². The minimum Gasteiger partial charge on any atom is -0.353 e. The van der Waals surface area contributed by atoms with Gasteiger partial charge in [0.1, 0.15) is 0 Å². The Morgan fingerprint density at radius 2 is 1.88 bits per heavy atom. The van der Waals surface area contributed by atoms with Crippen LogP contribution in [0.25, 0.3) is 0 Å². The lowest BCUT2D eigenvalue weighted by atomic mass is 10.1. The summed E-state index contributed by atoms with van der Waals surface area (Å²) in [5.41, 5.74) is 1.17. The van der Waals surface area contributed by atoms with Gasteiger partial charge in [-0.15, -0.1) is 0 Å². The molecule has 1 fully saturated rings. The molecule has 2 rings (SSSR count). The van der Waals surface area contributed by atoms with Crippen molar-refractivity contribution >= 4 is 27.5 Å². The number of rotatable bonds is 8. The van der Waals surface area contributed by atoms with Crippen LogP contribution in [0.15, 0.2) is 24.3 Å². The molecular weight excluding hydrogens is 360 g/mol. The molecule has 140 valence electrons. The van der Waals surface area contributed by atoms with Gasteiger partial charge in [0, 0.05) is 30.6 Å². The lowest BCUT2D eigenvalue weighted by molar-refractivity contribution is -0.122. The molecular formula is C18H27ClN2O3S. The van der Waals surface area contributed by atoms with Gasteiger partial charge in [0.25, 0.3) is 0 Å². The van der Waals surface area contributed by atoms with Crippen molar-refractivity contribution in [3.8, 4) is 0 Å². The van der Waals surface area contributed by atoms with Crippen molar-refractivity contribution in [3.63, 3.8) is 0 Å². The van der Waals surface area contributed by atoms with Crippen LogP contribution in [0.4, 0.5) is 0 Å². The third-order valence-electron chi connectivity index (χ3n) is 4.46. The molecule has 0 aliphatic carbocycles. The van der Waals surface area contributed by atoms with Gasteiger partial charge in [-0.05, 0) is 49.8 Å². The number of nitrogens with one attached hydrogen (secondary N) is 1. The fraction of sp³-hybridized carbons (Fsp3) is 0.611. The van der Waals surface area contributed by atoms with Gasteiger partial charge in [-0.25, -0.2) is 12.7 Å². The Hall–Kier alpha value is -1.11. The SMILES string of the molecule is CCCS(=O)(=O)N1CCC(NC(=O)CCCc2ccc(Cl)cc2)CC1. The molecule has 1 aromatic rings. The summed E-state index contributed by atoms with van der Waals surface area (Å²) in [6.07, 6.45) is 4.12. The van der Waals surface area contributed by atoms with Crippen molar-refractivity contribution in [2.45, 2.75) is 51.5 Å². The first-order chi connectivity index (χ1) is 11.9. The first-order valence-corrected chi connectivity index (χ1v) is 10.9. The summed E-state index contributed by atoms with van der Waals surface area (Å²) in [7, 11) is -3.12. The molecule has 0 radical (unpaired) electrons. The number of nitrogens with zero attached hydrogens (tertiary/aromatic N) is 1. The van der Waals surface area contributed by atoms with Crippen LogP contribution >= 0.6 is 11.6 Å². The molecule has 0 atom stereocenters. The average Bonchev–Trinajstić information content (AvgIpc) is 2.57. The first kappa shape index (κ1) is 20.2. The second kappa shape index (κ2) is 9.55. The third kappa shape index (κ3) is 6.60. The zero-order valence-electron chi connectivity index (χ0n) is 14.7. The van der Waals surface area contributed by atoms with E-state index >= 15 is 0 Å². The van der Waals surface area contributed by atoms with E-state index < -0.39 is 10.0 Å². The maximum Gasteiger partial charge on any atom is 0.220 e. The monoisotopic (exact) mass is 386 g/mol. The average molecular weight is 387 g/mol. The number of carbonyl (C=O) groups excluding carboxylic acids is 1. The van der Waals surface area contributed by atoms with Crippen LogP contribution in [0.5, 0.6) is 0 Å². The number of hydrogen-bond donors (Lipinski definition) is 1. The van der Waals surface area contributed by atoms with E-state index in [1.807, 2.05) is 31.2 Å². The maximum atomic E-state index is 12.1. The summed E-state index contributed by atoms with van der Waals surface area (Å²) in [5, 5.41) is 3.75. The van der Waals surface area contributed by atoms with Crippen LogP contribution < -0.4 is 5.32 Å². The number of piperidine rings is 1. The minimum atomic E-state index is -3.12. The van der Waals surface area contributed by atoms with E-state index in [0.29, 0.717) is 43.8 Å². The Labute approximate surface area is 155 Å². The number of benzene rings is 1. The number of halogens is 1. The van der Waals surface area contributed by atoms with E-state index in [9.17, 15) is 13.2 Å². The molecule has 0 spiro atoms. The highest BCUT2D eigenvalue weighted by atomic mass is 35.5. The molecule has 1 heterocycles. The molecule has 1 saturated heterocycles. The standard InChI is InChI=1S/C18H27ClN2O3S/c1-2-14-25(23,24)21-12-10-17(11-13-21)20-18(22)5-3-4-15-6-8-16(19)9-7-15/h6-9,17H,2-5,10-14H2,1H3,(H,20,22). The van der Waals surface area contributed by atoms with Gasteiger partial charge < -0.3 is 5.32 Å². The Bertz CT molecular complexity index is 653. The van der Waals surface area contributed by atoms with Crippen molar-refractivity contribution in [2.24, 2.45) is 0 Å². The molecule has 5 nitrogen and oxygen atoms in total. The second-order valence-corrected chi connectivity index (χ2v) is 9.06. The predicted octanol–water partition coefficient (Wildman–Crippen LogP) is 2.98. The molecule has 1 aliphatic rings. The lowest BCUT2D eigenvalue weighted by Crippen LogP contribution is -2.47. The fourth-order valence-corrected chi connectivity index (χ4v) is 4.74.